The van der Waals surface area contributed by atoms with Crippen molar-refractivity contribution >= 4 is 23.3 Å². The summed E-state index contributed by atoms with van der Waals surface area (Å²) in [5.74, 6) is -0.427. The van der Waals surface area contributed by atoms with Crippen LogP contribution in [0.5, 0.6) is 0 Å². The van der Waals surface area contributed by atoms with Gasteiger partial charge in [0.25, 0.3) is 5.91 Å². The number of amides is 2. The monoisotopic (exact) mass is 359 g/mol. The highest BCUT2D eigenvalue weighted by atomic mass is 32.1. The van der Waals surface area contributed by atoms with E-state index in [-0.39, 0.29) is 30.1 Å². The molecule has 7 nitrogen and oxygen atoms in total. The molecule has 1 saturated carbocycles. The van der Waals surface area contributed by atoms with Crippen molar-refractivity contribution in [3.63, 3.8) is 0 Å². The van der Waals surface area contributed by atoms with Crippen LogP contribution in [0.4, 0.5) is 0 Å². The summed E-state index contributed by atoms with van der Waals surface area (Å²) in [7, 11) is 0. The molecular weight excluding hydrogens is 338 g/mol. The van der Waals surface area contributed by atoms with E-state index in [4.69, 9.17) is 0 Å². The molecule has 1 N–H and O–H groups in total. The first-order chi connectivity index (χ1) is 12.2. The Morgan fingerprint density at radius 3 is 2.80 bits per heavy atom. The third-order valence-electron chi connectivity index (χ3n) is 4.27. The van der Waals surface area contributed by atoms with Gasteiger partial charge in [0, 0.05) is 30.4 Å². The highest BCUT2D eigenvalue weighted by Gasteiger charge is 2.23. The molecule has 1 aliphatic rings. The second kappa shape index (κ2) is 8.66. The molecule has 132 valence electrons. The van der Waals surface area contributed by atoms with Crippen LogP contribution in [0, 0.1) is 0 Å². The van der Waals surface area contributed by atoms with E-state index >= 15 is 0 Å². The third kappa shape index (κ3) is 5.06. The molecule has 2 amide bonds. The van der Waals surface area contributed by atoms with Gasteiger partial charge < -0.3 is 10.2 Å². The standard InChI is InChI=1S/C17H21N5O2S/c23-16(19-14-6-2-1-3-7-14)11-22(10-13-5-4-8-18-9-13)17(24)15-12-25-21-20-15/h4-5,8-9,12,14H,1-3,6-7,10-11H2,(H,19,23). The molecular formula is C17H21N5O2S. The van der Waals surface area contributed by atoms with Crippen molar-refractivity contribution in [1.82, 2.24) is 24.8 Å². The Kier molecular flexibility index (Phi) is 6.05. The Hall–Kier alpha value is -2.35. The molecule has 2 aromatic heterocycles. The maximum atomic E-state index is 12.7. The van der Waals surface area contributed by atoms with E-state index in [9.17, 15) is 9.59 Å². The Morgan fingerprint density at radius 1 is 1.28 bits per heavy atom. The SMILES string of the molecule is O=C(CN(Cc1cccnc1)C(=O)c1csnn1)NC1CCCCC1. The second-order valence-electron chi connectivity index (χ2n) is 6.22. The fourth-order valence-electron chi connectivity index (χ4n) is 3.02. The third-order valence-corrected chi connectivity index (χ3v) is 4.77. The van der Waals surface area contributed by atoms with Gasteiger partial charge >= 0.3 is 0 Å². The average molecular weight is 359 g/mol. The highest BCUT2D eigenvalue weighted by molar-refractivity contribution is 7.03. The van der Waals surface area contributed by atoms with Crippen LogP contribution in [0.1, 0.15) is 48.2 Å². The fourth-order valence-corrected chi connectivity index (χ4v) is 3.45. The van der Waals surface area contributed by atoms with Crippen LogP contribution in [-0.2, 0) is 11.3 Å². The predicted molar refractivity (Wildman–Crippen MR) is 93.9 cm³/mol. The van der Waals surface area contributed by atoms with E-state index in [1.807, 2.05) is 12.1 Å². The molecule has 8 heteroatoms. The van der Waals surface area contributed by atoms with Gasteiger partial charge in [-0.15, -0.1) is 5.10 Å². The van der Waals surface area contributed by atoms with Crippen molar-refractivity contribution in [3.8, 4) is 0 Å². The molecule has 2 heterocycles. The molecule has 0 atom stereocenters. The number of aromatic nitrogens is 3. The van der Waals surface area contributed by atoms with E-state index in [1.165, 1.54) is 11.3 Å². The first-order valence-corrected chi connectivity index (χ1v) is 9.30. The zero-order valence-corrected chi connectivity index (χ0v) is 14.7. The van der Waals surface area contributed by atoms with Crippen molar-refractivity contribution in [2.75, 3.05) is 6.54 Å². The minimum atomic E-state index is -0.295. The number of hydrogen-bond acceptors (Lipinski definition) is 6. The van der Waals surface area contributed by atoms with Crippen LogP contribution >= 0.6 is 11.5 Å². The molecule has 2 aromatic rings. The molecule has 25 heavy (non-hydrogen) atoms. The highest BCUT2D eigenvalue weighted by Crippen LogP contribution is 2.17. The number of nitrogens with zero attached hydrogens (tertiary/aromatic N) is 4. The Labute approximate surface area is 150 Å². The van der Waals surface area contributed by atoms with Crippen LogP contribution in [0.2, 0.25) is 0 Å². The van der Waals surface area contributed by atoms with E-state index in [0.29, 0.717) is 6.54 Å². The van der Waals surface area contributed by atoms with Crippen LogP contribution in [0.25, 0.3) is 0 Å². The smallest absolute Gasteiger partial charge is 0.276 e. The second-order valence-corrected chi connectivity index (χ2v) is 6.82. The Bertz CT molecular complexity index is 686. The molecule has 0 saturated heterocycles. The van der Waals surface area contributed by atoms with Crippen molar-refractivity contribution in [3.05, 3.63) is 41.2 Å². The zero-order valence-electron chi connectivity index (χ0n) is 13.9. The van der Waals surface area contributed by atoms with Gasteiger partial charge in [0.15, 0.2) is 5.69 Å². The van der Waals surface area contributed by atoms with Gasteiger partial charge in [-0.25, -0.2) is 0 Å². The molecule has 0 aromatic carbocycles. The minimum Gasteiger partial charge on any atom is -0.352 e. The maximum Gasteiger partial charge on any atom is 0.276 e. The quantitative estimate of drug-likeness (QED) is 0.852. The average Bonchev–Trinajstić information content (AvgIpc) is 3.17. The van der Waals surface area contributed by atoms with Gasteiger partial charge in [0.2, 0.25) is 5.91 Å². The summed E-state index contributed by atoms with van der Waals surface area (Å²) in [4.78, 5) is 30.7. The molecule has 0 aliphatic heterocycles. The number of carbonyl (C=O) groups excluding carboxylic acids is 2. The van der Waals surface area contributed by atoms with Gasteiger partial charge in [0.1, 0.15) is 6.54 Å². The maximum absolute atomic E-state index is 12.7. The lowest BCUT2D eigenvalue weighted by Crippen LogP contribution is -2.44. The summed E-state index contributed by atoms with van der Waals surface area (Å²) in [6.45, 7) is 0.310. The van der Waals surface area contributed by atoms with Crippen LogP contribution < -0.4 is 5.32 Å². The molecule has 1 aliphatic carbocycles. The fraction of sp³-hybridized carbons (Fsp3) is 0.471. The number of nitrogens with one attached hydrogen (secondary N) is 1. The molecule has 0 unspecified atom stereocenters. The summed E-state index contributed by atoms with van der Waals surface area (Å²) >= 11 is 1.12. The van der Waals surface area contributed by atoms with Gasteiger partial charge in [-0.3, -0.25) is 14.6 Å². The van der Waals surface area contributed by atoms with Crippen molar-refractivity contribution < 1.29 is 9.59 Å². The zero-order chi connectivity index (χ0) is 17.5. The number of pyridine rings is 1. The van der Waals surface area contributed by atoms with Crippen molar-refractivity contribution in [1.29, 1.82) is 0 Å². The van der Waals surface area contributed by atoms with Crippen LogP contribution in [-0.4, -0.2) is 43.9 Å². The topological polar surface area (TPSA) is 88.1 Å². The predicted octanol–water partition coefficient (Wildman–Crippen LogP) is 2.02. The summed E-state index contributed by atoms with van der Waals surface area (Å²) in [5.41, 5.74) is 1.13. The van der Waals surface area contributed by atoms with E-state index in [2.05, 4.69) is 19.9 Å². The lowest BCUT2D eigenvalue weighted by atomic mass is 9.95. The van der Waals surface area contributed by atoms with Gasteiger partial charge in [-0.2, -0.15) is 0 Å². The van der Waals surface area contributed by atoms with Crippen molar-refractivity contribution in [2.45, 2.75) is 44.7 Å². The molecule has 3 rings (SSSR count). The number of hydrogen-bond donors (Lipinski definition) is 1. The number of carbonyl (C=O) groups is 2. The van der Waals surface area contributed by atoms with Gasteiger partial charge in [-0.05, 0) is 36.0 Å². The Balaban J connectivity index is 1.67. The van der Waals surface area contributed by atoms with Crippen LogP contribution in [0.15, 0.2) is 29.9 Å². The molecule has 0 spiro atoms. The first-order valence-electron chi connectivity index (χ1n) is 8.47. The lowest BCUT2D eigenvalue weighted by Gasteiger charge is -2.25. The molecule has 1 fully saturated rings. The number of rotatable bonds is 6. The van der Waals surface area contributed by atoms with E-state index in [1.54, 1.807) is 17.8 Å². The molecule has 0 bridgehead atoms. The first kappa shape index (κ1) is 17.5. The summed E-state index contributed by atoms with van der Waals surface area (Å²) in [6.07, 6.45) is 8.92. The minimum absolute atomic E-state index is 0.00174. The normalized spacial score (nSPS) is 14.9. The van der Waals surface area contributed by atoms with Gasteiger partial charge in [-0.1, -0.05) is 29.8 Å². The summed E-state index contributed by atoms with van der Waals surface area (Å²) in [5, 5.41) is 8.48. The van der Waals surface area contributed by atoms with Gasteiger partial charge in [0.05, 0.1) is 0 Å². The van der Waals surface area contributed by atoms with Crippen LogP contribution in [0.3, 0.4) is 0 Å². The van der Waals surface area contributed by atoms with E-state index < -0.39 is 0 Å². The Morgan fingerprint density at radius 2 is 2.12 bits per heavy atom. The largest absolute Gasteiger partial charge is 0.352 e. The lowest BCUT2D eigenvalue weighted by molar-refractivity contribution is -0.122. The van der Waals surface area contributed by atoms with Crippen molar-refractivity contribution in [2.24, 2.45) is 0 Å². The van der Waals surface area contributed by atoms with E-state index in [0.717, 1.165) is 42.8 Å². The molecule has 0 radical (unpaired) electrons. The summed E-state index contributed by atoms with van der Waals surface area (Å²) < 4.78 is 3.74. The summed E-state index contributed by atoms with van der Waals surface area (Å²) in [6, 6.07) is 3.91.